The molecular weight excluding hydrogens is 420 g/mol. The Morgan fingerprint density at radius 3 is 2.70 bits per heavy atom. The predicted octanol–water partition coefficient (Wildman–Crippen LogP) is 3.03. The van der Waals surface area contributed by atoms with E-state index in [0.717, 1.165) is 46.3 Å². The minimum atomic E-state index is -0.0865. The van der Waals surface area contributed by atoms with Crippen LogP contribution in [0.25, 0.3) is 22.2 Å². The number of pyridine rings is 1. The number of amides is 1. The van der Waals surface area contributed by atoms with E-state index in [2.05, 4.69) is 5.10 Å². The van der Waals surface area contributed by atoms with Crippen LogP contribution >= 0.6 is 0 Å². The van der Waals surface area contributed by atoms with Gasteiger partial charge in [0.1, 0.15) is 23.0 Å². The summed E-state index contributed by atoms with van der Waals surface area (Å²) in [5.74, 6) is 1.39. The Morgan fingerprint density at radius 2 is 1.94 bits per heavy atom. The summed E-state index contributed by atoms with van der Waals surface area (Å²) >= 11 is 0. The van der Waals surface area contributed by atoms with Crippen molar-refractivity contribution in [2.45, 2.75) is 25.4 Å². The van der Waals surface area contributed by atoms with Crippen LogP contribution in [-0.4, -0.2) is 56.8 Å². The Morgan fingerprint density at radius 1 is 1.15 bits per heavy atom. The zero-order chi connectivity index (χ0) is 22.5. The summed E-state index contributed by atoms with van der Waals surface area (Å²) in [6, 6.07) is 9.95. The van der Waals surface area contributed by atoms with Gasteiger partial charge in [-0.1, -0.05) is 12.1 Å². The van der Waals surface area contributed by atoms with Crippen LogP contribution in [0.4, 0.5) is 5.82 Å². The van der Waals surface area contributed by atoms with Gasteiger partial charge in [-0.05, 0) is 36.6 Å². The van der Waals surface area contributed by atoms with E-state index < -0.39 is 0 Å². The van der Waals surface area contributed by atoms with Crippen LogP contribution in [0.15, 0.2) is 42.7 Å². The van der Waals surface area contributed by atoms with Crippen LogP contribution in [0.5, 0.6) is 5.75 Å². The van der Waals surface area contributed by atoms with Gasteiger partial charge in [0.25, 0.3) is 5.91 Å². The monoisotopic (exact) mass is 444 g/mol. The van der Waals surface area contributed by atoms with Gasteiger partial charge < -0.3 is 9.47 Å². The van der Waals surface area contributed by atoms with Crippen LogP contribution < -0.4 is 9.64 Å². The Bertz CT molecular complexity index is 1350. The van der Waals surface area contributed by atoms with E-state index >= 15 is 0 Å². The maximum atomic E-state index is 13.8. The first kappa shape index (κ1) is 19.9. The number of nitrogens with zero attached hydrogens (tertiary/aromatic N) is 6. The smallest absolute Gasteiger partial charge is 0.278 e. The number of carbonyl (C=O) groups is 1. The number of carbonyl (C=O) groups excluding carboxylic acids is 1. The fourth-order valence-corrected chi connectivity index (χ4v) is 4.86. The third kappa shape index (κ3) is 3.11. The maximum Gasteiger partial charge on any atom is 0.278 e. The van der Waals surface area contributed by atoms with Crippen LogP contribution in [-0.2, 0) is 18.3 Å². The number of benzene rings is 1. The molecule has 1 amide bonds. The SMILES string of the molecule is COc1ccc(Cn2nc3c4c(nccc42)N(C2CCOCC2)C(=O)c2c-3cnn2C)cc1. The van der Waals surface area contributed by atoms with Crippen molar-refractivity contribution in [3.8, 4) is 17.0 Å². The van der Waals surface area contributed by atoms with Crippen LogP contribution in [0, 0.1) is 0 Å². The Balaban J connectivity index is 1.54. The third-order valence-electron chi connectivity index (χ3n) is 6.54. The summed E-state index contributed by atoms with van der Waals surface area (Å²) in [4.78, 5) is 20.4. The molecule has 5 heterocycles. The van der Waals surface area contributed by atoms with Crippen molar-refractivity contribution in [1.82, 2.24) is 24.5 Å². The third-order valence-corrected chi connectivity index (χ3v) is 6.54. The predicted molar refractivity (Wildman–Crippen MR) is 122 cm³/mol. The molecule has 2 aliphatic rings. The van der Waals surface area contributed by atoms with E-state index in [-0.39, 0.29) is 11.9 Å². The zero-order valence-corrected chi connectivity index (χ0v) is 18.6. The molecule has 3 aromatic heterocycles. The van der Waals surface area contributed by atoms with Crippen molar-refractivity contribution in [3.05, 3.63) is 54.0 Å². The molecule has 1 aromatic carbocycles. The first-order valence-electron chi connectivity index (χ1n) is 11.1. The Labute approximate surface area is 190 Å². The molecule has 0 aliphatic carbocycles. The molecule has 0 spiro atoms. The van der Waals surface area contributed by atoms with Gasteiger partial charge in [0.15, 0.2) is 0 Å². The average molecular weight is 444 g/mol. The summed E-state index contributed by atoms with van der Waals surface area (Å²) in [6.07, 6.45) is 5.04. The molecule has 33 heavy (non-hydrogen) atoms. The van der Waals surface area contributed by atoms with Crippen LogP contribution in [0.3, 0.4) is 0 Å². The minimum Gasteiger partial charge on any atom is -0.497 e. The highest BCUT2D eigenvalue weighted by Gasteiger charge is 2.38. The molecule has 0 N–H and O–H groups in total. The van der Waals surface area contributed by atoms with Crippen molar-refractivity contribution in [3.63, 3.8) is 0 Å². The normalized spacial score (nSPS) is 16.2. The molecule has 6 rings (SSSR count). The largest absolute Gasteiger partial charge is 0.497 e. The molecule has 9 heteroatoms. The lowest BCUT2D eigenvalue weighted by atomic mass is 10.1. The average Bonchev–Trinajstić information content (AvgIpc) is 3.38. The number of hydrogen-bond donors (Lipinski definition) is 0. The summed E-state index contributed by atoms with van der Waals surface area (Å²) in [7, 11) is 3.46. The van der Waals surface area contributed by atoms with Crippen LogP contribution in [0.2, 0.25) is 0 Å². The number of aryl methyl sites for hydroxylation is 1. The molecule has 168 valence electrons. The lowest BCUT2D eigenvalue weighted by molar-refractivity contribution is 0.0768. The highest BCUT2D eigenvalue weighted by molar-refractivity contribution is 6.18. The van der Waals surface area contributed by atoms with Crippen molar-refractivity contribution in [2.75, 3.05) is 25.2 Å². The molecule has 0 atom stereocenters. The van der Waals surface area contributed by atoms with Gasteiger partial charge in [0.2, 0.25) is 0 Å². The molecule has 0 bridgehead atoms. The number of anilines is 1. The highest BCUT2D eigenvalue weighted by atomic mass is 16.5. The van der Waals surface area contributed by atoms with Gasteiger partial charge in [0.05, 0.1) is 36.3 Å². The fourth-order valence-electron chi connectivity index (χ4n) is 4.86. The number of methoxy groups -OCH3 is 1. The number of ether oxygens (including phenoxy) is 2. The summed E-state index contributed by atoms with van der Waals surface area (Å²) in [5.41, 5.74) is 4.06. The van der Waals surface area contributed by atoms with E-state index in [1.165, 1.54) is 0 Å². The molecule has 2 aliphatic heterocycles. The Kier molecular flexibility index (Phi) is 4.65. The van der Waals surface area contributed by atoms with E-state index in [0.29, 0.717) is 31.3 Å². The molecular formula is C24H24N6O3. The maximum absolute atomic E-state index is 13.8. The molecule has 0 saturated carbocycles. The highest BCUT2D eigenvalue weighted by Crippen LogP contribution is 2.41. The fraction of sp³-hybridized carbons (Fsp3) is 0.333. The second kappa shape index (κ2) is 7.70. The summed E-state index contributed by atoms with van der Waals surface area (Å²) in [5, 5.41) is 10.3. The van der Waals surface area contributed by atoms with Crippen molar-refractivity contribution in [2.24, 2.45) is 7.05 Å². The zero-order valence-electron chi connectivity index (χ0n) is 18.6. The molecule has 1 fully saturated rings. The number of hydrogen-bond acceptors (Lipinski definition) is 6. The van der Waals surface area contributed by atoms with E-state index in [1.807, 2.05) is 39.9 Å². The van der Waals surface area contributed by atoms with Gasteiger partial charge in [-0.3, -0.25) is 19.1 Å². The van der Waals surface area contributed by atoms with Gasteiger partial charge in [-0.15, -0.1) is 0 Å². The minimum absolute atomic E-state index is 0.0167. The van der Waals surface area contributed by atoms with Crippen molar-refractivity contribution in [1.29, 1.82) is 0 Å². The lowest BCUT2D eigenvalue weighted by Gasteiger charge is -2.33. The number of aromatic nitrogens is 5. The second-order valence-electron chi connectivity index (χ2n) is 8.43. The van der Waals surface area contributed by atoms with Gasteiger partial charge in [-0.25, -0.2) is 4.98 Å². The van der Waals surface area contributed by atoms with Crippen LogP contribution in [0.1, 0.15) is 28.9 Å². The van der Waals surface area contributed by atoms with E-state index in [9.17, 15) is 4.79 Å². The Hall–Kier alpha value is -3.72. The van der Waals surface area contributed by atoms with E-state index in [4.69, 9.17) is 19.6 Å². The first-order valence-corrected chi connectivity index (χ1v) is 11.1. The molecule has 9 nitrogen and oxygen atoms in total. The first-order chi connectivity index (χ1) is 16.2. The van der Waals surface area contributed by atoms with E-state index in [1.54, 1.807) is 31.2 Å². The molecule has 1 saturated heterocycles. The van der Waals surface area contributed by atoms with Gasteiger partial charge >= 0.3 is 0 Å². The molecule has 4 aromatic rings. The van der Waals surface area contributed by atoms with Crippen molar-refractivity contribution < 1.29 is 14.3 Å². The summed E-state index contributed by atoms with van der Waals surface area (Å²) in [6.45, 7) is 1.85. The van der Waals surface area contributed by atoms with Crippen molar-refractivity contribution >= 4 is 22.6 Å². The second-order valence-corrected chi connectivity index (χ2v) is 8.43. The van der Waals surface area contributed by atoms with Gasteiger partial charge in [-0.2, -0.15) is 10.2 Å². The molecule has 0 radical (unpaired) electrons. The molecule has 0 unspecified atom stereocenters. The standard InChI is InChI=1S/C24H24N6O3/c1-28-22-18(13-26-28)21-20-19(29(27-21)14-15-3-5-17(32-2)6-4-15)7-10-25-23(20)30(24(22)31)16-8-11-33-12-9-16/h3-7,10,13,16H,8-9,11-12,14H2,1-2H3. The number of rotatable bonds is 4. The quantitative estimate of drug-likeness (QED) is 0.481. The summed E-state index contributed by atoms with van der Waals surface area (Å²) < 4.78 is 14.5. The topological polar surface area (TPSA) is 87.3 Å². The lowest BCUT2D eigenvalue weighted by Crippen LogP contribution is -2.44. The van der Waals surface area contributed by atoms with Gasteiger partial charge in [0, 0.05) is 32.5 Å². The number of fused-ring (bicyclic) bond motifs is 2.